The Morgan fingerprint density at radius 2 is 1.78 bits per heavy atom. The second kappa shape index (κ2) is 4.86. The first-order valence-corrected chi connectivity index (χ1v) is 6.05. The summed E-state index contributed by atoms with van der Waals surface area (Å²) in [7, 11) is 0. The third-order valence-corrected chi connectivity index (χ3v) is 3.25. The minimum absolute atomic E-state index is 0.140. The van der Waals surface area contributed by atoms with E-state index in [2.05, 4.69) is 5.32 Å². The van der Waals surface area contributed by atoms with Crippen molar-refractivity contribution in [2.75, 3.05) is 24.7 Å². The molecule has 0 aromatic heterocycles. The van der Waals surface area contributed by atoms with E-state index in [9.17, 15) is 4.79 Å². The molecule has 0 spiro atoms. The Hall–Kier alpha value is -1.75. The molecule has 1 aromatic carbocycles. The van der Waals surface area contributed by atoms with Crippen molar-refractivity contribution < 1.29 is 9.53 Å². The number of nitrogens with two attached hydrogens (primary N) is 2. The van der Waals surface area contributed by atoms with Gasteiger partial charge >= 0.3 is 0 Å². The molecular weight excluding hydrogens is 230 g/mol. The highest BCUT2D eigenvalue weighted by molar-refractivity contribution is 5.96. The fourth-order valence-electron chi connectivity index (χ4n) is 2.10. The Morgan fingerprint density at radius 1 is 1.22 bits per heavy atom. The van der Waals surface area contributed by atoms with Crippen LogP contribution in [0.2, 0.25) is 0 Å². The fourth-order valence-corrected chi connectivity index (χ4v) is 2.10. The van der Waals surface area contributed by atoms with Gasteiger partial charge < -0.3 is 21.5 Å². The molecule has 1 aliphatic rings. The van der Waals surface area contributed by atoms with Crippen LogP contribution in [0, 0.1) is 0 Å². The standard InChI is InChI=1S/C13H19N3O2/c1-13(2-4-18-5-3-13)16-12(17)9-6-10(14)8-11(15)7-9/h6-8H,2-5,14-15H2,1H3,(H,16,17). The molecule has 1 aliphatic heterocycles. The molecule has 5 heteroatoms. The summed E-state index contributed by atoms with van der Waals surface area (Å²) in [4.78, 5) is 12.2. The second-order valence-corrected chi connectivity index (χ2v) is 5.02. The van der Waals surface area contributed by atoms with Crippen LogP contribution in [-0.4, -0.2) is 24.7 Å². The third kappa shape index (κ3) is 2.92. The van der Waals surface area contributed by atoms with Gasteiger partial charge in [0.2, 0.25) is 0 Å². The highest BCUT2D eigenvalue weighted by Crippen LogP contribution is 2.21. The number of nitrogen functional groups attached to an aromatic ring is 2. The van der Waals surface area contributed by atoms with Gasteiger partial charge in [-0.1, -0.05) is 0 Å². The summed E-state index contributed by atoms with van der Waals surface area (Å²) in [5.74, 6) is -0.140. The normalized spacial score (nSPS) is 18.3. The summed E-state index contributed by atoms with van der Waals surface area (Å²) < 4.78 is 5.30. The van der Waals surface area contributed by atoms with E-state index in [1.165, 1.54) is 0 Å². The van der Waals surface area contributed by atoms with Crippen molar-refractivity contribution in [3.05, 3.63) is 23.8 Å². The highest BCUT2D eigenvalue weighted by atomic mass is 16.5. The summed E-state index contributed by atoms with van der Waals surface area (Å²) >= 11 is 0. The van der Waals surface area contributed by atoms with Crippen LogP contribution in [0.4, 0.5) is 11.4 Å². The predicted octanol–water partition coefficient (Wildman–Crippen LogP) is 1.15. The van der Waals surface area contributed by atoms with E-state index < -0.39 is 0 Å². The first-order chi connectivity index (χ1) is 8.48. The van der Waals surface area contributed by atoms with Crippen LogP contribution in [0.5, 0.6) is 0 Å². The maximum absolute atomic E-state index is 12.2. The molecule has 0 aliphatic carbocycles. The average Bonchev–Trinajstić information content (AvgIpc) is 2.28. The molecule has 1 aromatic rings. The number of benzene rings is 1. The molecule has 0 bridgehead atoms. The Bertz CT molecular complexity index is 433. The molecule has 1 saturated heterocycles. The van der Waals surface area contributed by atoms with E-state index in [-0.39, 0.29) is 11.4 Å². The Balaban J connectivity index is 2.11. The number of hydrogen-bond donors (Lipinski definition) is 3. The van der Waals surface area contributed by atoms with Gasteiger partial charge in [0.25, 0.3) is 5.91 Å². The molecule has 0 atom stereocenters. The van der Waals surface area contributed by atoms with E-state index in [1.54, 1.807) is 18.2 Å². The van der Waals surface area contributed by atoms with E-state index in [0.717, 1.165) is 12.8 Å². The lowest BCUT2D eigenvalue weighted by molar-refractivity contribution is 0.0423. The van der Waals surface area contributed by atoms with Crippen LogP contribution in [0.15, 0.2) is 18.2 Å². The number of nitrogens with one attached hydrogen (secondary N) is 1. The van der Waals surface area contributed by atoms with Crippen molar-refractivity contribution in [3.8, 4) is 0 Å². The number of ether oxygens (including phenoxy) is 1. The van der Waals surface area contributed by atoms with Crippen molar-refractivity contribution in [1.82, 2.24) is 5.32 Å². The number of carbonyl (C=O) groups excluding carboxylic acids is 1. The monoisotopic (exact) mass is 249 g/mol. The highest BCUT2D eigenvalue weighted by Gasteiger charge is 2.29. The van der Waals surface area contributed by atoms with Crippen LogP contribution in [0.1, 0.15) is 30.1 Å². The summed E-state index contributed by atoms with van der Waals surface area (Å²) in [6.45, 7) is 3.38. The van der Waals surface area contributed by atoms with Gasteiger partial charge in [-0.05, 0) is 38.0 Å². The van der Waals surface area contributed by atoms with E-state index >= 15 is 0 Å². The van der Waals surface area contributed by atoms with Gasteiger partial charge in [-0.3, -0.25) is 4.79 Å². The second-order valence-electron chi connectivity index (χ2n) is 5.02. The van der Waals surface area contributed by atoms with Crippen LogP contribution in [-0.2, 0) is 4.74 Å². The average molecular weight is 249 g/mol. The molecule has 5 N–H and O–H groups in total. The van der Waals surface area contributed by atoms with Crippen molar-refractivity contribution >= 4 is 17.3 Å². The minimum Gasteiger partial charge on any atom is -0.399 e. The molecule has 2 rings (SSSR count). The molecule has 18 heavy (non-hydrogen) atoms. The zero-order valence-electron chi connectivity index (χ0n) is 10.5. The lowest BCUT2D eigenvalue weighted by Gasteiger charge is -2.34. The van der Waals surface area contributed by atoms with Gasteiger partial charge in [-0.15, -0.1) is 0 Å². The van der Waals surface area contributed by atoms with Gasteiger partial charge in [0, 0.05) is 35.7 Å². The Labute approximate surface area is 106 Å². The SMILES string of the molecule is CC1(NC(=O)c2cc(N)cc(N)c2)CCOCC1. The summed E-state index contributed by atoms with van der Waals surface area (Å²) in [6.07, 6.45) is 1.63. The van der Waals surface area contributed by atoms with E-state index in [0.29, 0.717) is 30.2 Å². The molecule has 1 fully saturated rings. The topological polar surface area (TPSA) is 90.4 Å². The zero-order chi connectivity index (χ0) is 13.2. The molecule has 1 heterocycles. The molecule has 98 valence electrons. The molecule has 5 nitrogen and oxygen atoms in total. The van der Waals surface area contributed by atoms with E-state index in [4.69, 9.17) is 16.2 Å². The minimum atomic E-state index is -0.214. The van der Waals surface area contributed by atoms with Gasteiger partial charge in [-0.25, -0.2) is 0 Å². The number of rotatable bonds is 2. The van der Waals surface area contributed by atoms with Crippen LogP contribution in [0.3, 0.4) is 0 Å². The number of anilines is 2. The maximum Gasteiger partial charge on any atom is 0.251 e. The van der Waals surface area contributed by atoms with Crippen molar-refractivity contribution in [2.45, 2.75) is 25.3 Å². The quantitative estimate of drug-likeness (QED) is 0.686. The first kappa shape index (κ1) is 12.7. The molecule has 0 saturated carbocycles. The maximum atomic E-state index is 12.2. The summed E-state index contributed by atoms with van der Waals surface area (Å²) in [5.41, 5.74) is 12.6. The zero-order valence-corrected chi connectivity index (χ0v) is 10.5. The van der Waals surface area contributed by atoms with Crippen molar-refractivity contribution in [1.29, 1.82) is 0 Å². The Morgan fingerprint density at radius 3 is 2.33 bits per heavy atom. The largest absolute Gasteiger partial charge is 0.399 e. The Kier molecular flexibility index (Phi) is 3.43. The van der Waals surface area contributed by atoms with E-state index in [1.807, 2.05) is 6.92 Å². The summed E-state index contributed by atoms with van der Waals surface area (Å²) in [6, 6.07) is 4.90. The fraction of sp³-hybridized carbons (Fsp3) is 0.462. The van der Waals surface area contributed by atoms with Gasteiger partial charge in [0.15, 0.2) is 0 Å². The number of carbonyl (C=O) groups is 1. The van der Waals surface area contributed by atoms with Gasteiger partial charge in [0.05, 0.1) is 0 Å². The molecule has 0 radical (unpaired) electrons. The third-order valence-electron chi connectivity index (χ3n) is 3.25. The predicted molar refractivity (Wildman–Crippen MR) is 71.2 cm³/mol. The van der Waals surface area contributed by atoms with Crippen LogP contribution in [0.25, 0.3) is 0 Å². The van der Waals surface area contributed by atoms with Crippen molar-refractivity contribution in [2.24, 2.45) is 0 Å². The lowest BCUT2D eigenvalue weighted by atomic mass is 9.92. The number of hydrogen-bond acceptors (Lipinski definition) is 4. The molecule has 1 amide bonds. The van der Waals surface area contributed by atoms with Crippen LogP contribution < -0.4 is 16.8 Å². The van der Waals surface area contributed by atoms with Gasteiger partial charge in [-0.2, -0.15) is 0 Å². The van der Waals surface area contributed by atoms with Crippen molar-refractivity contribution in [3.63, 3.8) is 0 Å². The first-order valence-electron chi connectivity index (χ1n) is 6.05. The number of amides is 1. The molecule has 0 unspecified atom stereocenters. The van der Waals surface area contributed by atoms with Crippen LogP contribution >= 0.6 is 0 Å². The molecular formula is C13H19N3O2. The summed E-state index contributed by atoms with van der Waals surface area (Å²) in [5, 5.41) is 3.04. The van der Waals surface area contributed by atoms with Gasteiger partial charge in [0.1, 0.15) is 0 Å². The lowest BCUT2D eigenvalue weighted by Crippen LogP contribution is -2.49. The smallest absolute Gasteiger partial charge is 0.251 e.